The molecular formula is C10H15ClN2OS. The van der Waals surface area contributed by atoms with Crippen LogP contribution in [0.3, 0.4) is 0 Å². The fourth-order valence-corrected chi connectivity index (χ4v) is 1.75. The molecule has 0 atom stereocenters. The first-order chi connectivity index (χ1) is 7.31. The minimum Gasteiger partial charge on any atom is -0.488 e. The van der Waals surface area contributed by atoms with Crippen LogP contribution in [0.25, 0.3) is 0 Å². The molecule has 2 heterocycles. The third kappa shape index (κ3) is 2.92. The minimum absolute atomic E-state index is 0.710. The molecule has 84 valence electrons. The fourth-order valence-electron chi connectivity index (χ4n) is 1.25. The normalized spacial score (nSPS) is 13.5. The van der Waals surface area contributed by atoms with Crippen molar-refractivity contribution in [3.05, 3.63) is 12.3 Å². The highest BCUT2D eigenvalue weighted by Crippen LogP contribution is 2.33. The largest absolute Gasteiger partial charge is 0.488 e. The Hall–Kier alpha value is -0.610. The summed E-state index contributed by atoms with van der Waals surface area (Å²) in [5.74, 6) is 1.71. The van der Waals surface area contributed by atoms with Crippen LogP contribution in [0.4, 0.5) is 5.82 Å². The maximum absolute atomic E-state index is 5.61. The van der Waals surface area contributed by atoms with Crippen molar-refractivity contribution in [1.82, 2.24) is 4.98 Å². The first-order valence-corrected chi connectivity index (χ1v) is 6.58. The van der Waals surface area contributed by atoms with Gasteiger partial charge in [-0.3, -0.25) is 0 Å². The maximum atomic E-state index is 5.61. The smallest absolute Gasteiger partial charge is 0.171 e. The highest BCUT2D eigenvalue weighted by atomic mass is 35.7. The number of rotatable bonds is 1. The Balaban J connectivity index is 0.000000531. The predicted octanol–water partition coefficient (Wildman–Crippen LogP) is 3.18. The van der Waals surface area contributed by atoms with E-state index < -0.39 is 0 Å². The van der Waals surface area contributed by atoms with Gasteiger partial charge in [0.2, 0.25) is 0 Å². The molecule has 0 saturated carbocycles. The van der Waals surface area contributed by atoms with Crippen molar-refractivity contribution >= 4 is 27.5 Å². The van der Waals surface area contributed by atoms with Crippen LogP contribution in [0.2, 0.25) is 0 Å². The zero-order chi connectivity index (χ0) is 11.3. The minimum atomic E-state index is 0.710. The van der Waals surface area contributed by atoms with Gasteiger partial charge in [0.25, 0.3) is 0 Å². The summed E-state index contributed by atoms with van der Waals surface area (Å²) in [5.41, 5.74) is 0. The molecule has 3 nitrogen and oxygen atoms in total. The number of hydrogen-bond donors (Lipinski definition) is 0. The van der Waals surface area contributed by atoms with Crippen LogP contribution < -0.4 is 9.64 Å². The Labute approximate surface area is 99.3 Å². The Morgan fingerprint density at radius 1 is 1.53 bits per heavy atom. The Kier molecular flexibility index (Phi) is 5.05. The molecule has 0 saturated heterocycles. The number of nitrogens with zero attached hydrogens (tertiary/aromatic N) is 2. The van der Waals surface area contributed by atoms with Gasteiger partial charge in [0.1, 0.15) is 6.61 Å². The van der Waals surface area contributed by atoms with Gasteiger partial charge in [-0.2, -0.15) is 0 Å². The molecule has 0 bridgehead atoms. The maximum Gasteiger partial charge on any atom is 0.171 e. The molecule has 0 aliphatic carbocycles. The summed E-state index contributed by atoms with van der Waals surface area (Å²) in [6, 6.07) is 1.91. The van der Waals surface area contributed by atoms with Crippen molar-refractivity contribution in [3.63, 3.8) is 0 Å². The summed E-state index contributed by atoms with van der Waals surface area (Å²) in [4.78, 5) is 7.25. The topological polar surface area (TPSA) is 25.4 Å². The average molecular weight is 247 g/mol. The highest BCUT2D eigenvalue weighted by Gasteiger charge is 2.16. The summed E-state index contributed by atoms with van der Waals surface area (Å²) < 4.78 is 5.46. The summed E-state index contributed by atoms with van der Waals surface area (Å²) >= 11 is 0. The fraction of sp³-hybridized carbons (Fsp3) is 0.500. The van der Waals surface area contributed by atoms with Crippen molar-refractivity contribution in [1.29, 1.82) is 0 Å². The lowest BCUT2D eigenvalue weighted by molar-refractivity contribution is 0.308. The molecule has 15 heavy (non-hydrogen) atoms. The van der Waals surface area contributed by atoms with Gasteiger partial charge in [0.05, 0.1) is 6.54 Å². The Morgan fingerprint density at radius 2 is 2.27 bits per heavy atom. The summed E-state index contributed by atoms with van der Waals surface area (Å²) in [6.45, 7) is 5.59. The van der Waals surface area contributed by atoms with E-state index >= 15 is 0 Å². The lowest BCUT2D eigenvalue weighted by Crippen LogP contribution is -2.29. The van der Waals surface area contributed by atoms with Gasteiger partial charge in [0.15, 0.2) is 11.6 Å². The lowest BCUT2D eigenvalue weighted by Gasteiger charge is -2.26. The van der Waals surface area contributed by atoms with E-state index in [0.717, 1.165) is 34.0 Å². The number of anilines is 1. The van der Waals surface area contributed by atoms with E-state index in [2.05, 4.69) is 9.88 Å². The monoisotopic (exact) mass is 246 g/mol. The number of halogens is 1. The van der Waals surface area contributed by atoms with Crippen LogP contribution in [0.1, 0.15) is 13.8 Å². The molecule has 0 fully saturated rings. The first kappa shape index (κ1) is 12.5. The zero-order valence-electron chi connectivity index (χ0n) is 9.16. The third-order valence-corrected chi connectivity index (χ3v) is 2.88. The molecule has 0 amide bonds. The predicted molar refractivity (Wildman–Crippen MR) is 66.1 cm³/mol. The summed E-state index contributed by atoms with van der Waals surface area (Å²) in [6.07, 6.45) is 1.75. The molecule has 0 spiro atoms. The van der Waals surface area contributed by atoms with E-state index in [1.165, 1.54) is 0 Å². The molecule has 1 aromatic rings. The summed E-state index contributed by atoms with van der Waals surface area (Å²) in [7, 11) is 8.77. The van der Waals surface area contributed by atoms with E-state index in [4.69, 9.17) is 15.4 Å². The quantitative estimate of drug-likeness (QED) is 0.760. The van der Waals surface area contributed by atoms with Crippen LogP contribution in [-0.2, 0) is 0 Å². The third-order valence-electron chi connectivity index (χ3n) is 1.94. The SMILES string of the molecule is CC.CN1CCOc2cc(SCl)cnc21. The van der Waals surface area contributed by atoms with Gasteiger partial charge in [-0.05, 0) is 21.7 Å². The van der Waals surface area contributed by atoms with Crippen LogP contribution in [0.15, 0.2) is 17.2 Å². The molecule has 0 N–H and O–H groups in total. The van der Waals surface area contributed by atoms with Gasteiger partial charge in [0, 0.05) is 24.2 Å². The van der Waals surface area contributed by atoms with Crippen LogP contribution in [0.5, 0.6) is 5.75 Å². The molecule has 1 aliphatic rings. The molecular weight excluding hydrogens is 232 g/mol. The average Bonchev–Trinajstić information content (AvgIpc) is 2.31. The van der Waals surface area contributed by atoms with Gasteiger partial charge in [-0.15, -0.1) is 0 Å². The van der Waals surface area contributed by atoms with E-state index in [1.807, 2.05) is 27.0 Å². The molecule has 2 rings (SSSR count). The van der Waals surface area contributed by atoms with Crippen LogP contribution in [-0.4, -0.2) is 25.2 Å². The van der Waals surface area contributed by atoms with Crippen LogP contribution >= 0.6 is 21.7 Å². The Bertz CT molecular complexity index is 322. The zero-order valence-corrected chi connectivity index (χ0v) is 10.7. The highest BCUT2D eigenvalue weighted by molar-refractivity contribution is 8.21. The summed E-state index contributed by atoms with van der Waals surface area (Å²) in [5, 5.41) is 0. The van der Waals surface area contributed by atoms with E-state index in [1.54, 1.807) is 6.20 Å². The van der Waals surface area contributed by atoms with Crippen molar-refractivity contribution in [3.8, 4) is 5.75 Å². The first-order valence-electron chi connectivity index (χ1n) is 4.94. The molecule has 1 aliphatic heterocycles. The molecule has 1 aromatic heterocycles. The van der Waals surface area contributed by atoms with E-state index in [-0.39, 0.29) is 0 Å². The van der Waals surface area contributed by atoms with Gasteiger partial charge < -0.3 is 9.64 Å². The number of hydrogen-bond acceptors (Lipinski definition) is 4. The van der Waals surface area contributed by atoms with E-state index in [0.29, 0.717) is 6.61 Å². The van der Waals surface area contributed by atoms with Crippen LogP contribution in [0, 0.1) is 0 Å². The number of aromatic nitrogens is 1. The molecule has 0 radical (unpaired) electrons. The second kappa shape index (κ2) is 6.08. The van der Waals surface area contributed by atoms with E-state index in [9.17, 15) is 0 Å². The second-order valence-corrected chi connectivity index (χ2v) is 3.93. The van der Waals surface area contributed by atoms with Gasteiger partial charge in [-0.25, -0.2) is 4.98 Å². The van der Waals surface area contributed by atoms with Gasteiger partial charge in [-0.1, -0.05) is 13.8 Å². The lowest BCUT2D eigenvalue weighted by atomic mass is 10.3. The molecule has 0 unspecified atom stereocenters. The number of likely N-dealkylation sites (N-methyl/N-ethyl adjacent to an activating group) is 1. The molecule has 5 heteroatoms. The number of pyridine rings is 1. The molecule has 0 aromatic carbocycles. The Morgan fingerprint density at radius 3 is 2.93 bits per heavy atom. The van der Waals surface area contributed by atoms with Crippen molar-refractivity contribution < 1.29 is 4.74 Å². The number of ether oxygens (including phenoxy) is 1. The van der Waals surface area contributed by atoms with Gasteiger partial charge >= 0.3 is 0 Å². The standard InChI is InChI=1S/C8H9ClN2OS.C2H6/c1-11-2-3-12-7-4-6(13-9)5-10-8(7)11;1-2/h4-5H,2-3H2,1H3;1-2H3. The van der Waals surface area contributed by atoms with Crippen molar-refractivity contribution in [2.45, 2.75) is 18.7 Å². The number of fused-ring (bicyclic) bond motifs is 1. The second-order valence-electron chi connectivity index (χ2n) is 2.84. The van der Waals surface area contributed by atoms with Crippen molar-refractivity contribution in [2.24, 2.45) is 0 Å². The van der Waals surface area contributed by atoms with Crippen molar-refractivity contribution in [2.75, 3.05) is 25.1 Å².